The van der Waals surface area contributed by atoms with Crippen molar-refractivity contribution in [1.82, 2.24) is 0 Å². The summed E-state index contributed by atoms with van der Waals surface area (Å²) in [4.78, 5) is 24.0. The number of esters is 1. The van der Waals surface area contributed by atoms with E-state index < -0.39 is 17.4 Å². The smallest absolute Gasteiger partial charge is 0.338 e. The van der Waals surface area contributed by atoms with Crippen LogP contribution in [-0.2, 0) is 11.3 Å². The van der Waals surface area contributed by atoms with Crippen molar-refractivity contribution in [3.8, 4) is 0 Å². The average molecular weight is 354 g/mol. The van der Waals surface area contributed by atoms with Gasteiger partial charge in [0.15, 0.2) is 0 Å². The summed E-state index contributed by atoms with van der Waals surface area (Å²) >= 11 is 0. The van der Waals surface area contributed by atoms with Crippen LogP contribution in [0.5, 0.6) is 0 Å². The number of halogens is 1. The summed E-state index contributed by atoms with van der Waals surface area (Å²) in [5.41, 5.74) is 2.79. The van der Waals surface area contributed by atoms with E-state index >= 15 is 0 Å². The first-order valence-electron chi connectivity index (χ1n) is 8.35. The molecular weight excluding hydrogens is 335 g/mol. The molecule has 0 aliphatic heterocycles. The summed E-state index contributed by atoms with van der Waals surface area (Å²) in [5.74, 6) is -0.863. The van der Waals surface area contributed by atoms with Gasteiger partial charge in [0.2, 0.25) is 0 Å². The van der Waals surface area contributed by atoms with E-state index in [0.717, 1.165) is 22.6 Å². The summed E-state index contributed by atoms with van der Waals surface area (Å²) < 4.78 is 23.8. The third-order valence-electron chi connectivity index (χ3n) is 4.26. The largest absolute Gasteiger partial charge is 0.457 e. The molecule has 0 saturated carbocycles. The first-order valence-corrected chi connectivity index (χ1v) is 8.35. The zero-order chi connectivity index (χ0) is 18.8. The lowest BCUT2D eigenvalue weighted by Gasteiger charge is -2.13. The zero-order valence-electron chi connectivity index (χ0n) is 14.8. The minimum atomic E-state index is -0.651. The van der Waals surface area contributed by atoms with E-state index in [1.165, 1.54) is 24.3 Å². The monoisotopic (exact) mass is 354 g/mol. The van der Waals surface area contributed by atoms with Gasteiger partial charge >= 0.3 is 11.6 Å². The Hall–Kier alpha value is -2.95. The third kappa shape index (κ3) is 3.67. The van der Waals surface area contributed by atoms with Crippen molar-refractivity contribution in [2.45, 2.75) is 33.3 Å². The molecule has 0 fully saturated rings. The second-order valence-corrected chi connectivity index (χ2v) is 6.54. The predicted molar refractivity (Wildman–Crippen MR) is 96.8 cm³/mol. The number of fused-ring (bicyclic) bond motifs is 1. The molecule has 2 aromatic carbocycles. The lowest BCUT2D eigenvalue weighted by Crippen LogP contribution is -2.08. The molecule has 0 saturated heterocycles. The molecule has 0 N–H and O–H groups in total. The highest BCUT2D eigenvalue weighted by Gasteiger charge is 2.14. The van der Waals surface area contributed by atoms with Gasteiger partial charge in [-0.1, -0.05) is 19.9 Å². The maximum absolute atomic E-state index is 13.2. The van der Waals surface area contributed by atoms with Gasteiger partial charge in [-0.3, -0.25) is 0 Å². The number of ether oxygens (including phenoxy) is 1. The van der Waals surface area contributed by atoms with Crippen LogP contribution >= 0.6 is 0 Å². The fraction of sp³-hybridized carbons (Fsp3) is 0.238. The fourth-order valence-corrected chi connectivity index (χ4v) is 2.97. The van der Waals surface area contributed by atoms with Crippen LogP contribution in [0.3, 0.4) is 0 Å². The molecule has 3 aromatic rings. The van der Waals surface area contributed by atoms with E-state index in [4.69, 9.17) is 9.15 Å². The molecule has 0 amide bonds. The minimum Gasteiger partial charge on any atom is -0.457 e. The summed E-state index contributed by atoms with van der Waals surface area (Å²) in [5, 5.41) is 0.728. The van der Waals surface area contributed by atoms with Crippen molar-refractivity contribution in [1.29, 1.82) is 0 Å². The lowest BCUT2D eigenvalue weighted by atomic mass is 9.95. The molecule has 5 heteroatoms. The number of aryl methyl sites for hydroxylation is 1. The van der Waals surface area contributed by atoms with Crippen LogP contribution in [0.15, 0.2) is 51.7 Å². The second-order valence-electron chi connectivity index (χ2n) is 6.54. The highest BCUT2D eigenvalue weighted by molar-refractivity contribution is 5.89. The SMILES string of the molecule is Cc1cc2oc(=O)cc(COC(=O)c3cccc(F)c3)c2cc1C(C)C. The lowest BCUT2D eigenvalue weighted by molar-refractivity contribution is 0.0473. The summed E-state index contributed by atoms with van der Waals surface area (Å²) in [6.07, 6.45) is 0. The molecule has 4 nitrogen and oxygen atoms in total. The minimum absolute atomic E-state index is 0.0992. The fourth-order valence-electron chi connectivity index (χ4n) is 2.97. The first-order chi connectivity index (χ1) is 12.3. The molecule has 0 radical (unpaired) electrons. The van der Waals surface area contributed by atoms with E-state index in [9.17, 15) is 14.0 Å². The van der Waals surface area contributed by atoms with Crippen LogP contribution in [0, 0.1) is 12.7 Å². The van der Waals surface area contributed by atoms with Crippen LogP contribution < -0.4 is 5.63 Å². The van der Waals surface area contributed by atoms with E-state index in [-0.39, 0.29) is 12.2 Å². The molecule has 3 rings (SSSR count). The number of hydrogen-bond acceptors (Lipinski definition) is 4. The van der Waals surface area contributed by atoms with Gasteiger partial charge in [0.25, 0.3) is 0 Å². The Morgan fingerprint density at radius 1 is 1.19 bits per heavy atom. The van der Waals surface area contributed by atoms with Crippen LogP contribution in [0.1, 0.15) is 46.8 Å². The van der Waals surface area contributed by atoms with Gasteiger partial charge in [0, 0.05) is 17.0 Å². The van der Waals surface area contributed by atoms with Gasteiger partial charge in [0.1, 0.15) is 18.0 Å². The van der Waals surface area contributed by atoms with Gasteiger partial charge in [-0.05, 0) is 54.3 Å². The standard InChI is InChI=1S/C21H19FO4/c1-12(2)17-10-18-15(9-20(23)26-19(18)7-13(17)3)11-25-21(24)14-5-4-6-16(22)8-14/h4-10,12H,11H2,1-3H3. The maximum Gasteiger partial charge on any atom is 0.338 e. The van der Waals surface area contributed by atoms with E-state index in [2.05, 4.69) is 13.8 Å². The van der Waals surface area contributed by atoms with Crippen molar-refractivity contribution in [2.24, 2.45) is 0 Å². The summed E-state index contributed by atoms with van der Waals surface area (Å²) in [6.45, 7) is 6.03. The topological polar surface area (TPSA) is 56.5 Å². The predicted octanol–water partition coefficient (Wildman–Crippen LogP) is 4.72. The summed E-state index contributed by atoms with van der Waals surface area (Å²) in [7, 11) is 0. The van der Waals surface area contributed by atoms with Gasteiger partial charge in [0.05, 0.1) is 5.56 Å². The molecule has 0 aliphatic carbocycles. The molecule has 0 atom stereocenters. The highest BCUT2D eigenvalue weighted by Crippen LogP contribution is 2.27. The Morgan fingerprint density at radius 2 is 1.96 bits per heavy atom. The molecule has 0 bridgehead atoms. The number of rotatable bonds is 4. The highest BCUT2D eigenvalue weighted by atomic mass is 19.1. The Balaban J connectivity index is 1.95. The molecule has 134 valence electrons. The zero-order valence-corrected chi connectivity index (χ0v) is 14.8. The molecule has 26 heavy (non-hydrogen) atoms. The van der Waals surface area contributed by atoms with Gasteiger partial charge < -0.3 is 9.15 Å². The number of carbonyl (C=O) groups is 1. The third-order valence-corrected chi connectivity index (χ3v) is 4.26. The Bertz CT molecular complexity index is 1030. The van der Waals surface area contributed by atoms with Crippen LogP contribution in [0.4, 0.5) is 4.39 Å². The van der Waals surface area contributed by atoms with Crippen molar-refractivity contribution < 1.29 is 18.3 Å². The summed E-state index contributed by atoms with van der Waals surface area (Å²) in [6, 6.07) is 10.4. The van der Waals surface area contributed by atoms with Gasteiger partial charge in [-0.15, -0.1) is 0 Å². The van der Waals surface area contributed by atoms with Crippen LogP contribution in [0.25, 0.3) is 11.0 Å². The maximum atomic E-state index is 13.2. The van der Waals surface area contributed by atoms with Crippen LogP contribution in [0.2, 0.25) is 0 Å². The Kier molecular flexibility index (Phi) is 4.89. The average Bonchev–Trinajstić information content (AvgIpc) is 2.58. The number of benzene rings is 2. The van der Waals surface area contributed by atoms with E-state index in [1.54, 1.807) is 0 Å². The molecule has 1 aromatic heterocycles. The molecule has 0 unspecified atom stereocenters. The van der Waals surface area contributed by atoms with E-state index in [0.29, 0.717) is 17.1 Å². The van der Waals surface area contributed by atoms with Gasteiger partial charge in [-0.2, -0.15) is 0 Å². The Labute approximate surface area is 150 Å². The molecule has 0 aliphatic rings. The number of hydrogen-bond donors (Lipinski definition) is 0. The van der Waals surface area contributed by atoms with Gasteiger partial charge in [-0.25, -0.2) is 14.0 Å². The second kappa shape index (κ2) is 7.12. The van der Waals surface area contributed by atoms with Crippen molar-refractivity contribution in [3.05, 3.63) is 81.0 Å². The van der Waals surface area contributed by atoms with E-state index in [1.807, 2.05) is 19.1 Å². The normalized spacial score (nSPS) is 11.1. The van der Waals surface area contributed by atoms with Crippen molar-refractivity contribution >= 4 is 16.9 Å². The molecule has 0 spiro atoms. The Morgan fingerprint density at radius 3 is 2.65 bits per heavy atom. The molecule has 1 heterocycles. The first kappa shape index (κ1) is 17.9. The quantitative estimate of drug-likeness (QED) is 0.502. The van der Waals surface area contributed by atoms with Crippen molar-refractivity contribution in [2.75, 3.05) is 0 Å². The van der Waals surface area contributed by atoms with Crippen molar-refractivity contribution in [3.63, 3.8) is 0 Å². The molecular formula is C21H19FO4. The number of carbonyl (C=O) groups excluding carboxylic acids is 1. The van der Waals surface area contributed by atoms with Crippen LogP contribution in [-0.4, -0.2) is 5.97 Å².